The molecule has 19 heavy (non-hydrogen) atoms. The van der Waals surface area contributed by atoms with Crippen LogP contribution in [0.2, 0.25) is 0 Å². The van der Waals surface area contributed by atoms with Crippen LogP contribution in [0.25, 0.3) is 0 Å². The zero-order valence-corrected chi connectivity index (χ0v) is 11.3. The van der Waals surface area contributed by atoms with Crippen molar-refractivity contribution in [3.8, 4) is 0 Å². The lowest BCUT2D eigenvalue weighted by atomic mass is 9.96. The molecule has 1 N–H and O–H groups in total. The molecule has 0 saturated carbocycles. The second-order valence-corrected chi connectivity index (χ2v) is 6.15. The summed E-state index contributed by atoms with van der Waals surface area (Å²) in [5, 5.41) is 3.76. The largest absolute Gasteiger partial charge is 0.375 e. The Kier molecular flexibility index (Phi) is 3.06. The first-order valence-electron chi connectivity index (χ1n) is 7.56. The molecule has 0 spiro atoms. The van der Waals surface area contributed by atoms with E-state index in [1.54, 1.807) is 0 Å². The predicted octanol–water partition coefficient (Wildman–Crippen LogP) is 2.08. The van der Waals surface area contributed by atoms with E-state index in [9.17, 15) is 0 Å². The summed E-state index contributed by atoms with van der Waals surface area (Å²) < 4.78 is 5.82. The molecule has 1 aromatic rings. The SMILES string of the molecule is c1ccc2c(c1)COCC2N1CCC2CCC(C1)N2. The molecule has 4 rings (SSSR count). The average Bonchev–Trinajstić information content (AvgIpc) is 2.78. The van der Waals surface area contributed by atoms with Crippen molar-refractivity contribution < 1.29 is 4.74 Å². The maximum atomic E-state index is 5.82. The fourth-order valence-electron chi connectivity index (χ4n) is 3.92. The van der Waals surface area contributed by atoms with Crippen molar-refractivity contribution in [2.45, 2.75) is 44.0 Å². The van der Waals surface area contributed by atoms with Crippen LogP contribution in [-0.2, 0) is 11.3 Å². The average molecular weight is 258 g/mol. The lowest BCUT2D eigenvalue weighted by molar-refractivity contribution is 0.0304. The van der Waals surface area contributed by atoms with Gasteiger partial charge in [0, 0.05) is 25.2 Å². The Balaban J connectivity index is 1.59. The molecule has 102 valence electrons. The molecule has 1 aromatic carbocycles. The van der Waals surface area contributed by atoms with Crippen molar-refractivity contribution >= 4 is 0 Å². The van der Waals surface area contributed by atoms with Gasteiger partial charge >= 0.3 is 0 Å². The third-order valence-corrected chi connectivity index (χ3v) is 4.94. The van der Waals surface area contributed by atoms with Gasteiger partial charge in [-0.3, -0.25) is 4.90 Å². The number of nitrogens with zero attached hydrogens (tertiary/aromatic N) is 1. The van der Waals surface area contributed by atoms with Crippen molar-refractivity contribution in [2.24, 2.45) is 0 Å². The van der Waals surface area contributed by atoms with E-state index >= 15 is 0 Å². The van der Waals surface area contributed by atoms with Crippen molar-refractivity contribution in [3.05, 3.63) is 35.4 Å². The van der Waals surface area contributed by atoms with Gasteiger partial charge in [0.15, 0.2) is 0 Å². The minimum atomic E-state index is 0.464. The fourth-order valence-corrected chi connectivity index (χ4v) is 3.92. The van der Waals surface area contributed by atoms with Crippen LogP contribution in [0.4, 0.5) is 0 Å². The molecule has 3 aliphatic rings. The number of hydrogen-bond donors (Lipinski definition) is 1. The maximum absolute atomic E-state index is 5.82. The Morgan fingerprint density at radius 2 is 2.00 bits per heavy atom. The highest BCUT2D eigenvalue weighted by atomic mass is 16.5. The zero-order valence-electron chi connectivity index (χ0n) is 11.3. The van der Waals surface area contributed by atoms with Gasteiger partial charge < -0.3 is 10.1 Å². The van der Waals surface area contributed by atoms with E-state index in [4.69, 9.17) is 4.74 Å². The molecule has 0 radical (unpaired) electrons. The van der Waals surface area contributed by atoms with Gasteiger partial charge in [0.05, 0.1) is 19.3 Å². The van der Waals surface area contributed by atoms with Crippen LogP contribution in [0.15, 0.2) is 24.3 Å². The first kappa shape index (κ1) is 11.9. The fraction of sp³-hybridized carbons (Fsp3) is 0.625. The summed E-state index contributed by atoms with van der Waals surface area (Å²) in [6, 6.07) is 10.7. The van der Waals surface area contributed by atoms with Gasteiger partial charge in [-0.05, 0) is 30.4 Å². The van der Waals surface area contributed by atoms with Crippen LogP contribution in [0.1, 0.15) is 36.4 Å². The molecular weight excluding hydrogens is 236 g/mol. The number of rotatable bonds is 1. The van der Waals surface area contributed by atoms with Crippen LogP contribution >= 0.6 is 0 Å². The molecule has 3 atom stereocenters. The molecule has 3 heteroatoms. The summed E-state index contributed by atoms with van der Waals surface area (Å²) in [5.74, 6) is 0. The summed E-state index contributed by atoms with van der Waals surface area (Å²) in [5.41, 5.74) is 2.87. The van der Waals surface area contributed by atoms with E-state index in [0.29, 0.717) is 12.1 Å². The molecule has 0 aliphatic carbocycles. The summed E-state index contributed by atoms with van der Waals surface area (Å²) in [7, 11) is 0. The monoisotopic (exact) mass is 258 g/mol. The van der Waals surface area contributed by atoms with Gasteiger partial charge in [0.25, 0.3) is 0 Å². The molecule has 0 aromatic heterocycles. The highest BCUT2D eigenvalue weighted by Crippen LogP contribution is 2.32. The van der Waals surface area contributed by atoms with E-state index in [1.807, 2.05) is 0 Å². The standard InChI is InChI=1S/C16H22N2O/c1-2-4-15-12(3-1)10-19-11-16(15)18-8-7-13-5-6-14(9-18)17-13/h1-4,13-14,16-17H,5-11H2. The van der Waals surface area contributed by atoms with E-state index in [2.05, 4.69) is 34.5 Å². The molecule has 3 unspecified atom stereocenters. The Labute approximate surface area is 114 Å². The quantitative estimate of drug-likeness (QED) is 0.834. The van der Waals surface area contributed by atoms with Crippen LogP contribution in [0, 0.1) is 0 Å². The summed E-state index contributed by atoms with van der Waals surface area (Å²) in [6.07, 6.45) is 4.00. The third kappa shape index (κ3) is 2.20. The Morgan fingerprint density at radius 1 is 1.11 bits per heavy atom. The summed E-state index contributed by atoms with van der Waals surface area (Å²) >= 11 is 0. The second-order valence-electron chi connectivity index (χ2n) is 6.15. The van der Waals surface area contributed by atoms with Gasteiger partial charge in [-0.15, -0.1) is 0 Å². The first-order chi connectivity index (χ1) is 9.40. The van der Waals surface area contributed by atoms with Gasteiger partial charge in [-0.2, -0.15) is 0 Å². The topological polar surface area (TPSA) is 24.5 Å². The van der Waals surface area contributed by atoms with E-state index in [-0.39, 0.29) is 0 Å². The van der Waals surface area contributed by atoms with Crippen molar-refractivity contribution in [3.63, 3.8) is 0 Å². The molecule has 3 nitrogen and oxygen atoms in total. The normalized spacial score (nSPS) is 34.8. The Hall–Kier alpha value is -0.900. The molecule has 2 bridgehead atoms. The molecular formula is C16H22N2O. The molecule has 0 amide bonds. The van der Waals surface area contributed by atoms with E-state index < -0.39 is 0 Å². The number of hydrogen-bond acceptors (Lipinski definition) is 3. The van der Waals surface area contributed by atoms with Crippen molar-refractivity contribution in [1.82, 2.24) is 10.2 Å². The van der Waals surface area contributed by atoms with Crippen LogP contribution in [-0.4, -0.2) is 36.7 Å². The number of fused-ring (bicyclic) bond motifs is 3. The van der Waals surface area contributed by atoms with E-state index in [0.717, 1.165) is 19.3 Å². The van der Waals surface area contributed by atoms with Crippen LogP contribution < -0.4 is 5.32 Å². The van der Waals surface area contributed by atoms with Gasteiger partial charge in [0.2, 0.25) is 0 Å². The minimum Gasteiger partial charge on any atom is -0.375 e. The first-order valence-corrected chi connectivity index (χ1v) is 7.56. The Bertz CT molecular complexity index is 462. The number of benzene rings is 1. The van der Waals surface area contributed by atoms with Gasteiger partial charge in [0.1, 0.15) is 0 Å². The highest BCUT2D eigenvalue weighted by Gasteiger charge is 2.34. The smallest absolute Gasteiger partial charge is 0.0721 e. The van der Waals surface area contributed by atoms with Gasteiger partial charge in [-0.25, -0.2) is 0 Å². The summed E-state index contributed by atoms with van der Waals surface area (Å²) in [4.78, 5) is 2.65. The number of nitrogens with one attached hydrogen (secondary N) is 1. The molecule has 3 aliphatic heterocycles. The molecule has 3 heterocycles. The molecule has 2 fully saturated rings. The predicted molar refractivity (Wildman–Crippen MR) is 75.0 cm³/mol. The second kappa shape index (κ2) is 4.89. The van der Waals surface area contributed by atoms with Crippen molar-refractivity contribution in [1.29, 1.82) is 0 Å². The zero-order chi connectivity index (χ0) is 12.7. The molecule has 2 saturated heterocycles. The Morgan fingerprint density at radius 3 is 3.00 bits per heavy atom. The highest BCUT2D eigenvalue weighted by molar-refractivity contribution is 5.31. The van der Waals surface area contributed by atoms with Crippen molar-refractivity contribution in [2.75, 3.05) is 19.7 Å². The van der Waals surface area contributed by atoms with Crippen LogP contribution in [0.3, 0.4) is 0 Å². The maximum Gasteiger partial charge on any atom is 0.0721 e. The van der Waals surface area contributed by atoms with E-state index in [1.165, 1.54) is 43.5 Å². The third-order valence-electron chi connectivity index (χ3n) is 4.94. The number of likely N-dealkylation sites (tertiary alicyclic amines) is 1. The van der Waals surface area contributed by atoms with Gasteiger partial charge in [-0.1, -0.05) is 24.3 Å². The minimum absolute atomic E-state index is 0.464. The number of ether oxygens (including phenoxy) is 1. The summed E-state index contributed by atoms with van der Waals surface area (Å²) in [6.45, 7) is 4.02. The van der Waals surface area contributed by atoms with Crippen LogP contribution in [0.5, 0.6) is 0 Å². The lowest BCUT2D eigenvalue weighted by Gasteiger charge is -2.36. The lowest BCUT2D eigenvalue weighted by Crippen LogP contribution is -2.40.